The van der Waals surface area contributed by atoms with E-state index in [2.05, 4.69) is 47.6 Å². The molecule has 0 amide bonds. The van der Waals surface area contributed by atoms with Gasteiger partial charge in [0.05, 0.1) is 4.90 Å². The van der Waals surface area contributed by atoms with Crippen molar-refractivity contribution in [2.24, 2.45) is 52.3 Å². The Kier molecular flexibility index (Phi) is 8.03. The molecule has 0 N–H and O–H groups in total. The molecule has 3 heteroatoms. The zero-order chi connectivity index (χ0) is 26.4. The molecule has 1 aromatic rings. The van der Waals surface area contributed by atoms with E-state index in [-0.39, 0.29) is 0 Å². The second-order valence-corrected chi connectivity index (χ2v) is 15.5. The molecule has 0 radical (unpaired) electrons. The molecule has 0 saturated heterocycles. The van der Waals surface area contributed by atoms with Crippen LogP contribution in [0.2, 0.25) is 0 Å². The van der Waals surface area contributed by atoms with Crippen molar-refractivity contribution in [1.82, 2.24) is 0 Å². The molecule has 37 heavy (non-hydrogen) atoms. The van der Waals surface area contributed by atoms with Gasteiger partial charge in [-0.25, -0.2) is 4.21 Å². The van der Waals surface area contributed by atoms with Crippen LogP contribution in [0.3, 0.4) is 0 Å². The number of rotatable bonds is 8. The molecule has 0 aliphatic heterocycles. The predicted molar refractivity (Wildman–Crippen MR) is 155 cm³/mol. The van der Waals surface area contributed by atoms with Gasteiger partial charge in [0.2, 0.25) is 11.1 Å². The average Bonchev–Trinajstić information content (AvgIpc) is 3.21. The summed E-state index contributed by atoms with van der Waals surface area (Å²) in [6.45, 7) is 14.7. The zero-order valence-electron chi connectivity index (χ0n) is 24.4. The molecule has 0 spiro atoms. The van der Waals surface area contributed by atoms with Crippen LogP contribution in [0.4, 0.5) is 0 Å². The van der Waals surface area contributed by atoms with Crippen molar-refractivity contribution >= 4 is 11.1 Å². The standard InChI is InChI=1S/C34H52O2S/c1-23(2)8-7-9-25(4)30-16-17-31-29-15-12-26-22-27(36-37(35)28-13-10-24(3)11-14-28)18-20-33(26,5)32(29)19-21-34(30,31)6/h10-11,13-14,22-23,25-26,29-32H,7-9,12,15-21H2,1-6H3. The molecule has 4 aliphatic rings. The molecule has 5 rings (SSSR count). The summed E-state index contributed by atoms with van der Waals surface area (Å²) in [7, 11) is 0. The van der Waals surface area contributed by atoms with Gasteiger partial charge >= 0.3 is 0 Å². The quantitative estimate of drug-likeness (QED) is 0.338. The van der Waals surface area contributed by atoms with E-state index in [4.69, 9.17) is 4.18 Å². The maximum absolute atomic E-state index is 12.9. The summed E-state index contributed by atoms with van der Waals surface area (Å²) < 4.78 is 18.9. The third-order valence-electron chi connectivity index (χ3n) is 11.8. The van der Waals surface area contributed by atoms with Gasteiger partial charge in [-0.1, -0.05) is 71.6 Å². The van der Waals surface area contributed by atoms with Crippen LogP contribution < -0.4 is 0 Å². The van der Waals surface area contributed by atoms with E-state index >= 15 is 0 Å². The highest BCUT2D eigenvalue weighted by Gasteiger charge is 2.60. The SMILES string of the molecule is Cc1ccc(S(=O)OC2=CC3CCC4C(CCC5(C)C(C(C)CCCC(C)C)CCC45)C3(C)CC2)cc1. The summed E-state index contributed by atoms with van der Waals surface area (Å²) in [6, 6.07) is 7.90. The molecule has 0 heterocycles. The van der Waals surface area contributed by atoms with Crippen LogP contribution in [0, 0.1) is 59.2 Å². The molecule has 0 bridgehead atoms. The van der Waals surface area contributed by atoms with Gasteiger partial charge in [0.25, 0.3) is 0 Å². The third kappa shape index (κ3) is 5.24. The highest BCUT2D eigenvalue weighted by atomic mass is 32.2. The predicted octanol–water partition coefficient (Wildman–Crippen LogP) is 9.65. The Morgan fingerprint density at radius 1 is 0.919 bits per heavy atom. The third-order valence-corrected chi connectivity index (χ3v) is 12.9. The first kappa shape index (κ1) is 27.5. The lowest BCUT2D eigenvalue weighted by molar-refractivity contribution is -0.0975. The van der Waals surface area contributed by atoms with Crippen molar-refractivity contribution in [2.75, 3.05) is 0 Å². The van der Waals surface area contributed by atoms with Gasteiger partial charge in [-0.15, -0.1) is 0 Å². The summed E-state index contributed by atoms with van der Waals surface area (Å²) in [5, 5.41) is 0. The first-order valence-electron chi connectivity index (χ1n) is 15.5. The van der Waals surface area contributed by atoms with Crippen LogP contribution in [0.25, 0.3) is 0 Å². The van der Waals surface area contributed by atoms with E-state index in [9.17, 15) is 4.21 Å². The van der Waals surface area contributed by atoms with Crippen LogP contribution in [0.15, 0.2) is 41.0 Å². The van der Waals surface area contributed by atoms with Gasteiger partial charge in [-0.2, -0.15) is 0 Å². The monoisotopic (exact) mass is 524 g/mol. The second-order valence-electron chi connectivity index (χ2n) is 14.4. The fourth-order valence-corrected chi connectivity index (χ4v) is 10.5. The lowest BCUT2D eigenvalue weighted by Gasteiger charge is -2.60. The molecule has 1 aromatic carbocycles. The number of allylic oxidation sites excluding steroid dienone is 2. The Morgan fingerprint density at radius 3 is 2.38 bits per heavy atom. The fraction of sp³-hybridized carbons (Fsp3) is 0.765. The van der Waals surface area contributed by atoms with E-state index in [0.717, 1.165) is 52.6 Å². The van der Waals surface area contributed by atoms with Crippen molar-refractivity contribution in [3.05, 3.63) is 41.7 Å². The molecule has 2 nitrogen and oxygen atoms in total. The number of hydrogen-bond donors (Lipinski definition) is 0. The van der Waals surface area contributed by atoms with Crippen molar-refractivity contribution in [3.63, 3.8) is 0 Å². The minimum Gasteiger partial charge on any atom is -0.402 e. The maximum Gasteiger partial charge on any atom is 0.240 e. The average molecular weight is 525 g/mol. The van der Waals surface area contributed by atoms with E-state index in [1.165, 1.54) is 69.8 Å². The zero-order valence-corrected chi connectivity index (χ0v) is 25.2. The van der Waals surface area contributed by atoms with Gasteiger partial charge in [0, 0.05) is 6.42 Å². The molecular weight excluding hydrogens is 472 g/mol. The fourth-order valence-electron chi connectivity index (χ4n) is 9.72. The summed E-state index contributed by atoms with van der Waals surface area (Å²) in [4.78, 5) is 0.768. The molecule has 4 aliphatic carbocycles. The van der Waals surface area contributed by atoms with Crippen LogP contribution in [-0.2, 0) is 15.3 Å². The first-order valence-corrected chi connectivity index (χ1v) is 16.6. The second kappa shape index (κ2) is 10.8. The van der Waals surface area contributed by atoms with Gasteiger partial charge in [0.1, 0.15) is 5.76 Å². The number of hydrogen-bond acceptors (Lipinski definition) is 2. The molecule has 9 atom stereocenters. The Balaban J connectivity index is 1.25. The van der Waals surface area contributed by atoms with Crippen molar-refractivity contribution in [3.8, 4) is 0 Å². The normalized spacial score (nSPS) is 38.8. The van der Waals surface area contributed by atoms with E-state index in [0.29, 0.717) is 16.7 Å². The van der Waals surface area contributed by atoms with Gasteiger partial charge in [-0.3, -0.25) is 0 Å². The number of benzene rings is 1. The Labute approximate surface area is 230 Å². The summed E-state index contributed by atoms with van der Waals surface area (Å²) >= 11 is -1.41. The smallest absolute Gasteiger partial charge is 0.240 e. The molecule has 3 fully saturated rings. The van der Waals surface area contributed by atoms with Crippen molar-refractivity contribution in [1.29, 1.82) is 0 Å². The van der Waals surface area contributed by atoms with Gasteiger partial charge in [-0.05, 0) is 122 Å². The number of fused-ring (bicyclic) bond motifs is 5. The minimum atomic E-state index is -1.41. The Hall–Kier alpha value is -1.09. The van der Waals surface area contributed by atoms with Crippen LogP contribution in [-0.4, -0.2) is 4.21 Å². The molecule has 3 saturated carbocycles. The molecule has 206 valence electrons. The van der Waals surface area contributed by atoms with E-state index in [1.54, 1.807) is 0 Å². The lowest BCUT2D eigenvalue weighted by atomic mass is 9.45. The van der Waals surface area contributed by atoms with E-state index < -0.39 is 11.1 Å². The Bertz CT molecular complexity index is 996. The number of aryl methyl sites for hydroxylation is 1. The van der Waals surface area contributed by atoms with Gasteiger partial charge < -0.3 is 4.18 Å². The minimum absolute atomic E-state index is 0.378. The van der Waals surface area contributed by atoms with Crippen molar-refractivity contribution in [2.45, 2.75) is 117 Å². The molecular formula is C34H52O2S. The largest absolute Gasteiger partial charge is 0.402 e. The highest BCUT2D eigenvalue weighted by molar-refractivity contribution is 7.80. The maximum atomic E-state index is 12.9. The van der Waals surface area contributed by atoms with Crippen molar-refractivity contribution < 1.29 is 8.39 Å². The lowest BCUT2D eigenvalue weighted by Crippen LogP contribution is -2.52. The topological polar surface area (TPSA) is 26.3 Å². The summed E-state index contributed by atoms with van der Waals surface area (Å²) in [6.07, 6.45) is 17.2. The van der Waals surface area contributed by atoms with Crippen LogP contribution in [0.5, 0.6) is 0 Å². The van der Waals surface area contributed by atoms with E-state index in [1.807, 2.05) is 24.3 Å². The Morgan fingerprint density at radius 2 is 1.65 bits per heavy atom. The molecule has 9 unspecified atom stereocenters. The van der Waals surface area contributed by atoms with Gasteiger partial charge in [0.15, 0.2) is 0 Å². The molecule has 0 aromatic heterocycles. The van der Waals surface area contributed by atoms with Crippen LogP contribution >= 0.6 is 0 Å². The first-order chi connectivity index (χ1) is 17.6. The van der Waals surface area contributed by atoms with Crippen LogP contribution in [0.1, 0.15) is 111 Å². The summed E-state index contributed by atoms with van der Waals surface area (Å²) in [5.74, 6) is 6.87. The highest BCUT2D eigenvalue weighted by Crippen LogP contribution is 2.68. The summed E-state index contributed by atoms with van der Waals surface area (Å²) in [5.41, 5.74) is 2.12.